The molecule has 0 radical (unpaired) electrons. The molecule has 0 aliphatic heterocycles. The minimum Gasteiger partial charge on any atom is -0.431 e. The highest BCUT2D eigenvalue weighted by Gasteiger charge is 2.17. The Balaban J connectivity index is 1.47. The first-order chi connectivity index (χ1) is 14.7. The molecule has 0 aliphatic carbocycles. The van der Waals surface area contributed by atoms with Gasteiger partial charge in [0.2, 0.25) is 5.91 Å². The Bertz CT molecular complexity index is 1080. The fraction of sp³-hybridized carbons (Fsp3) is 0.208. The summed E-state index contributed by atoms with van der Waals surface area (Å²) in [5, 5.41) is 0.512. The van der Waals surface area contributed by atoms with Crippen LogP contribution in [0.2, 0.25) is 0 Å². The van der Waals surface area contributed by atoms with Crippen molar-refractivity contribution in [3.05, 3.63) is 89.7 Å². The molecule has 2 aromatic carbocycles. The van der Waals surface area contributed by atoms with Gasteiger partial charge in [0.1, 0.15) is 5.52 Å². The summed E-state index contributed by atoms with van der Waals surface area (Å²) in [5.41, 5.74) is 4.93. The van der Waals surface area contributed by atoms with Crippen molar-refractivity contribution >= 4 is 28.8 Å². The normalized spacial score (nSPS) is 11.0. The molecule has 0 atom stereocenters. The van der Waals surface area contributed by atoms with Gasteiger partial charge < -0.3 is 9.32 Å². The van der Waals surface area contributed by atoms with Crippen molar-refractivity contribution in [3.8, 4) is 0 Å². The zero-order valence-electron chi connectivity index (χ0n) is 16.8. The highest BCUT2D eigenvalue weighted by Crippen LogP contribution is 2.24. The molecule has 0 spiro atoms. The van der Waals surface area contributed by atoms with Gasteiger partial charge in [0.25, 0.3) is 5.22 Å². The number of carbonyl (C=O) groups is 1. The number of amides is 1. The van der Waals surface area contributed by atoms with E-state index in [0.717, 1.165) is 28.6 Å². The van der Waals surface area contributed by atoms with Crippen LogP contribution in [0.1, 0.15) is 23.6 Å². The van der Waals surface area contributed by atoms with Gasteiger partial charge >= 0.3 is 0 Å². The molecule has 0 unspecified atom stereocenters. The van der Waals surface area contributed by atoms with E-state index < -0.39 is 0 Å². The Morgan fingerprint density at radius 3 is 2.47 bits per heavy atom. The molecule has 2 aromatic heterocycles. The minimum absolute atomic E-state index is 0.0330. The molecule has 0 bridgehead atoms. The lowest BCUT2D eigenvalue weighted by atomic mass is 10.1. The lowest BCUT2D eigenvalue weighted by molar-refractivity contribution is -0.129. The standard InChI is InChI=1S/C24H23N3O2S/c1-2-18-9-11-19(12-10-18)15-27(16-20-6-5-13-25-14-20)23(28)17-30-24-26-21-7-3-4-8-22(21)29-24/h3-14H,2,15-17H2,1H3. The molecule has 0 saturated heterocycles. The van der Waals surface area contributed by atoms with Gasteiger partial charge in [0.05, 0.1) is 5.75 Å². The summed E-state index contributed by atoms with van der Waals surface area (Å²) >= 11 is 1.33. The van der Waals surface area contributed by atoms with Crippen molar-refractivity contribution in [2.24, 2.45) is 0 Å². The number of para-hydroxylation sites is 2. The number of nitrogens with zero attached hydrogens (tertiary/aromatic N) is 3. The number of thioether (sulfide) groups is 1. The average molecular weight is 418 g/mol. The molecule has 0 saturated carbocycles. The first-order valence-corrected chi connectivity index (χ1v) is 10.9. The zero-order chi connectivity index (χ0) is 20.8. The number of oxazole rings is 1. The summed E-state index contributed by atoms with van der Waals surface area (Å²) < 4.78 is 5.73. The maximum absolute atomic E-state index is 13.1. The lowest BCUT2D eigenvalue weighted by Crippen LogP contribution is -2.31. The number of fused-ring (bicyclic) bond motifs is 1. The van der Waals surface area contributed by atoms with Crippen LogP contribution in [-0.2, 0) is 24.3 Å². The quantitative estimate of drug-likeness (QED) is 0.373. The number of pyridine rings is 1. The van der Waals surface area contributed by atoms with Crippen molar-refractivity contribution in [2.45, 2.75) is 31.7 Å². The van der Waals surface area contributed by atoms with Gasteiger partial charge in [0, 0.05) is 25.5 Å². The molecule has 6 heteroatoms. The Kier molecular flexibility index (Phi) is 6.44. The van der Waals surface area contributed by atoms with Crippen molar-refractivity contribution in [1.29, 1.82) is 0 Å². The molecular formula is C24H23N3O2S. The highest BCUT2D eigenvalue weighted by molar-refractivity contribution is 7.99. The van der Waals surface area contributed by atoms with Gasteiger partial charge in [0.15, 0.2) is 5.58 Å². The summed E-state index contributed by atoms with van der Waals surface area (Å²) in [7, 11) is 0. The summed E-state index contributed by atoms with van der Waals surface area (Å²) in [5.74, 6) is 0.297. The van der Waals surface area contributed by atoms with Gasteiger partial charge in [-0.25, -0.2) is 4.98 Å². The molecule has 4 aromatic rings. The first-order valence-electron chi connectivity index (χ1n) is 9.94. The van der Waals surface area contributed by atoms with Crippen LogP contribution in [0.15, 0.2) is 82.7 Å². The van der Waals surface area contributed by atoms with Crippen LogP contribution in [-0.4, -0.2) is 26.5 Å². The van der Waals surface area contributed by atoms with Crippen molar-refractivity contribution in [1.82, 2.24) is 14.9 Å². The van der Waals surface area contributed by atoms with Crippen molar-refractivity contribution in [2.75, 3.05) is 5.75 Å². The summed E-state index contributed by atoms with van der Waals surface area (Å²) in [6, 6.07) is 19.9. The molecule has 0 fully saturated rings. The largest absolute Gasteiger partial charge is 0.431 e. The third-order valence-corrected chi connectivity index (χ3v) is 5.66. The fourth-order valence-electron chi connectivity index (χ4n) is 3.17. The van der Waals surface area contributed by atoms with E-state index in [-0.39, 0.29) is 11.7 Å². The molecule has 30 heavy (non-hydrogen) atoms. The number of aryl methyl sites for hydroxylation is 1. The predicted octanol–water partition coefficient (Wildman–Crippen LogP) is 5.11. The van der Waals surface area contributed by atoms with Crippen molar-refractivity contribution in [3.63, 3.8) is 0 Å². The summed E-state index contributed by atoms with van der Waals surface area (Å²) in [6.45, 7) is 3.19. The van der Waals surface area contributed by atoms with Crippen LogP contribution in [0, 0.1) is 0 Å². The Morgan fingerprint density at radius 1 is 0.967 bits per heavy atom. The third kappa shape index (κ3) is 5.07. The number of rotatable bonds is 8. The SMILES string of the molecule is CCc1ccc(CN(Cc2cccnc2)C(=O)CSc2nc3ccccc3o2)cc1. The number of aromatic nitrogens is 2. The molecule has 5 nitrogen and oxygen atoms in total. The second kappa shape index (κ2) is 9.59. The van der Waals surface area contributed by atoms with Crippen molar-refractivity contribution < 1.29 is 9.21 Å². The van der Waals surface area contributed by atoms with Gasteiger partial charge in [-0.1, -0.05) is 61.2 Å². The highest BCUT2D eigenvalue weighted by atomic mass is 32.2. The second-order valence-electron chi connectivity index (χ2n) is 7.02. The van der Waals surface area contributed by atoms with E-state index in [2.05, 4.69) is 41.2 Å². The van der Waals surface area contributed by atoms with Crippen LogP contribution in [0.4, 0.5) is 0 Å². The Labute approximate surface area is 180 Å². The van der Waals surface area contributed by atoms with Gasteiger partial charge in [-0.3, -0.25) is 9.78 Å². The minimum atomic E-state index is 0.0330. The molecule has 0 N–H and O–H groups in total. The van der Waals surface area contributed by atoms with Gasteiger partial charge in [-0.2, -0.15) is 0 Å². The summed E-state index contributed by atoms with van der Waals surface area (Å²) in [6.07, 6.45) is 4.54. The Morgan fingerprint density at radius 2 is 1.73 bits per heavy atom. The van der Waals surface area contributed by atoms with Crippen LogP contribution in [0.25, 0.3) is 11.1 Å². The van der Waals surface area contributed by atoms with E-state index in [9.17, 15) is 4.79 Å². The first kappa shape index (κ1) is 20.2. The average Bonchev–Trinajstić information content (AvgIpc) is 3.21. The van der Waals surface area contributed by atoms with Crippen LogP contribution in [0.5, 0.6) is 0 Å². The molecule has 2 heterocycles. The lowest BCUT2D eigenvalue weighted by Gasteiger charge is -2.23. The van der Waals surface area contributed by atoms with E-state index in [0.29, 0.717) is 18.3 Å². The number of hydrogen-bond acceptors (Lipinski definition) is 5. The van der Waals surface area contributed by atoms with E-state index in [1.807, 2.05) is 41.3 Å². The molecule has 0 aliphatic rings. The fourth-order valence-corrected chi connectivity index (χ4v) is 3.91. The Hall–Kier alpha value is -3.12. The van der Waals surface area contributed by atoms with E-state index in [1.54, 1.807) is 12.4 Å². The van der Waals surface area contributed by atoms with Crippen LogP contribution in [0.3, 0.4) is 0 Å². The maximum atomic E-state index is 13.1. The number of benzene rings is 2. The molecule has 152 valence electrons. The number of carbonyl (C=O) groups excluding carboxylic acids is 1. The maximum Gasteiger partial charge on any atom is 0.257 e. The van der Waals surface area contributed by atoms with Gasteiger partial charge in [-0.05, 0) is 41.3 Å². The zero-order valence-corrected chi connectivity index (χ0v) is 17.6. The van der Waals surface area contributed by atoms with Gasteiger partial charge in [-0.15, -0.1) is 0 Å². The second-order valence-corrected chi connectivity index (χ2v) is 7.94. The number of hydrogen-bond donors (Lipinski definition) is 0. The van der Waals surface area contributed by atoms with E-state index >= 15 is 0 Å². The van der Waals surface area contributed by atoms with Crippen LogP contribution >= 0.6 is 11.8 Å². The molecule has 4 rings (SSSR count). The van der Waals surface area contributed by atoms with Crippen LogP contribution < -0.4 is 0 Å². The van der Waals surface area contributed by atoms with E-state index in [1.165, 1.54) is 17.3 Å². The predicted molar refractivity (Wildman–Crippen MR) is 119 cm³/mol. The monoisotopic (exact) mass is 417 g/mol. The summed E-state index contributed by atoms with van der Waals surface area (Å²) in [4.78, 5) is 23.6. The topological polar surface area (TPSA) is 59.2 Å². The smallest absolute Gasteiger partial charge is 0.257 e. The molecule has 1 amide bonds. The molecular weight excluding hydrogens is 394 g/mol. The third-order valence-electron chi connectivity index (χ3n) is 4.85. The van der Waals surface area contributed by atoms with E-state index in [4.69, 9.17) is 4.42 Å².